The van der Waals surface area contributed by atoms with Crippen LogP contribution in [0.5, 0.6) is 0 Å². The number of aromatic nitrogens is 1. The van der Waals surface area contributed by atoms with Gasteiger partial charge in [0.05, 0.1) is 23.2 Å². The molecule has 0 aliphatic heterocycles. The third kappa shape index (κ3) is 2.98. The van der Waals surface area contributed by atoms with E-state index in [4.69, 9.17) is 28.5 Å². The first kappa shape index (κ1) is 12.4. The molecule has 0 amide bonds. The Kier molecular flexibility index (Phi) is 4.01. The van der Waals surface area contributed by atoms with E-state index in [9.17, 15) is 0 Å². The van der Waals surface area contributed by atoms with Gasteiger partial charge in [0.2, 0.25) is 0 Å². The van der Waals surface area contributed by atoms with E-state index >= 15 is 0 Å². The molecule has 0 spiro atoms. The molecule has 17 heavy (non-hydrogen) atoms. The standard InChI is InChI=1S/C12H8Cl2N2S/c13-10-2-1-3-11(14)9(10)6-12-16-8(4-5-15)7-17-12/h1-3,7H,4,6H2. The van der Waals surface area contributed by atoms with Crippen LogP contribution in [0.4, 0.5) is 0 Å². The maximum atomic E-state index is 8.58. The smallest absolute Gasteiger partial charge is 0.0973 e. The number of halogens is 2. The molecule has 1 aromatic heterocycles. The highest BCUT2D eigenvalue weighted by Crippen LogP contribution is 2.27. The van der Waals surface area contributed by atoms with E-state index in [1.165, 1.54) is 11.3 Å². The largest absolute Gasteiger partial charge is 0.245 e. The van der Waals surface area contributed by atoms with Crippen LogP contribution >= 0.6 is 34.5 Å². The first-order chi connectivity index (χ1) is 8.20. The summed E-state index contributed by atoms with van der Waals surface area (Å²) in [6, 6.07) is 7.52. The van der Waals surface area contributed by atoms with Gasteiger partial charge in [0.15, 0.2) is 0 Å². The van der Waals surface area contributed by atoms with Gasteiger partial charge in [-0.25, -0.2) is 4.98 Å². The molecule has 2 nitrogen and oxygen atoms in total. The average molecular weight is 283 g/mol. The highest BCUT2D eigenvalue weighted by atomic mass is 35.5. The number of rotatable bonds is 3. The molecule has 2 rings (SSSR count). The molecule has 0 radical (unpaired) electrons. The van der Waals surface area contributed by atoms with Crippen molar-refractivity contribution in [1.82, 2.24) is 4.98 Å². The Bertz CT molecular complexity index is 552. The van der Waals surface area contributed by atoms with Crippen molar-refractivity contribution < 1.29 is 0 Å². The molecule has 86 valence electrons. The zero-order valence-corrected chi connectivity index (χ0v) is 11.1. The molecule has 0 atom stereocenters. The lowest BCUT2D eigenvalue weighted by Gasteiger charge is -2.03. The Morgan fingerprint density at radius 1 is 1.29 bits per heavy atom. The van der Waals surface area contributed by atoms with E-state index in [2.05, 4.69) is 11.1 Å². The van der Waals surface area contributed by atoms with Crippen molar-refractivity contribution in [1.29, 1.82) is 5.26 Å². The Balaban J connectivity index is 2.23. The minimum absolute atomic E-state index is 0.340. The van der Waals surface area contributed by atoms with Crippen molar-refractivity contribution >= 4 is 34.5 Å². The van der Waals surface area contributed by atoms with Crippen LogP contribution in [-0.2, 0) is 12.8 Å². The number of hydrogen-bond acceptors (Lipinski definition) is 3. The monoisotopic (exact) mass is 282 g/mol. The lowest BCUT2D eigenvalue weighted by atomic mass is 10.1. The topological polar surface area (TPSA) is 36.7 Å². The molecular weight excluding hydrogens is 275 g/mol. The van der Waals surface area contributed by atoms with Crippen LogP contribution in [0.25, 0.3) is 0 Å². The van der Waals surface area contributed by atoms with Gasteiger partial charge in [-0.15, -0.1) is 11.3 Å². The fourth-order valence-corrected chi connectivity index (χ4v) is 2.78. The molecule has 1 heterocycles. The Hall–Kier alpha value is -1.08. The van der Waals surface area contributed by atoms with Crippen molar-refractivity contribution in [2.75, 3.05) is 0 Å². The minimum Gasteiger partial charge on any atom is -0.245 e. The summed E-state index contributed by atoms with van der Waals surface area (Å²) in [6.07, 6.45) is 0.946. The number of hydrogen-bond donors (Lipinski definition) is 0. The third-order valence-corrected chi connectivity index (χ3v) is 3.86. The number of thiazole rings is 1. The maximum Gasteiger partial charge on any atom is 0.0973 e. The number of nitriles is 1. The molecule has 0 bridgehead atoms. The van der Waals surface area contributed by atoms with E-state index in [1.807, 2.05) is 23.6 Å². The predicted molar refractivity (Wildman–Crippen MR) is 70.7 cm³/mol. The highest BCUT2D eigenvalue weighted by molar-refractivity contribution is 7.09. The zero-order valence-electron chi connectivity index (χ0n) is 8.78. The van der Waals surface area contributed by atoms with Crippen LogP contribution in [-0.4, -0.2) is 4.98 Å². The highest BCUT2D eigenvalue weighted by Gasteiger charge is 2.09. The van der Waals surface area contributed by atoms with Crippen molar-refractivity contribution in [3.63, 3.8) is 0 Å². The second-order valence-electron chi connectivity index (χ2n) is 3.44. The molecule has 1 aromatic carbocycles. The van der Waals surface area contributed by atoms with Gasteiger partial charge >= 0.3 is 0 Å². The lowest BCUT2D eigenvalue weighted by molar-refractivity contribution is 1.07. The molecule has 0 fully saturated rings. The van der Waals surface area contributed by atoms with Gasteiger partial charge in [-0.1, -0.05) is 29.3 Å². The van der Waals surface area contributed by atoms with Gasteiger partial charge in [-0.3, -0.25) is 0 Å². The molecule has 0 aliphatic carbocycles. The van der Waals surface area contributed by atoms with Gasteiger partial charge in [0.1, 0.15) is 0 Å². The molecule has 0 aliphatic rings. The van der Waals surface area contributed by atoms with Crippen LogP contribution in [0.15, 0.2) is 23.6 Å². The first-order valence-corrected chi connectivity index (χ1v) is 6.57. The summed E-state index contributed by atoms with van der Waals surface area (Å²) in [5.74, 6) is 0. The molecule has 0 unspecified atom stereocenters. The molecule has 0 N–H and O–H groups in total. The molecule has 0 saturated carbocycles. The second-order valence-corrected chi connectivity index (χ2v) is 5.20. The first-order valence-electron chi connectivity index (χ1n) is 4.94. The summed E-state index contributed by atoms with van der Waals surface area (Å²) in [5.41, 5.74) is 1.68. The van der Waals surface area contributed by atoms with Crippen molar-refractivity contribution in [3.8, 4) is 6.07 Å². The third-order valence-electron chi connectivity index (χ3n) is 2.25. The molecular formula is C12H8Cl2N2S. The summed E-state index contributed by atoms with van der Waals surface area (Å²) < 4.78 is 0. The second kappa shape index (κ2) is 5.50. The summed E-state index contributed by atoms with van der Waals surface area (Å²) in [7, 11) is 0. The average Bonchev–Trinajstić information content (AvgIpc) is 2.72. The molecule has 5 heteroatoms. The minimum atomic E-state index is 0.340. The summed E-state index contributed by atoms with van der Waals surface area (Å²) in [6.45, 7) is 0. The van der Waals surface area contributed by atoms with Gasteiger partial charge in [0.25, 0.3) is 0 Å². The number of benzene rings is 1. The van der Waals surface area contributed by atoms with E-state index < -0.39 is 0 Å². The molecule has 2 aromatic rings. The van der Waals surface area contributed by atoms with E-state index in [0.29, 0.717) is 22.9 Å². The van der Waals surface area contributed by atoms with Crippen LogP contribution < -0.4 is 0 Å². The summed E-state index contributed by atoms with van der Waals surface area (Å²) >= 11 is 13.7. The van der Waals surface area contributed by atoms with Gasteiger partial charge in [-0.2, -0.15) is 5.26 Å². The summed E-state index contributed by atoms with van der Waals surface area (Å²) in [5, 5.41) is 12.7. The van der Waals surface area contributed by atoms with E-state index in [-0.39, 0.29) is 0 Å². The zero-order chi connectivity index (χ0) is 12.3. The van der Waals surface area contributed by atoms with Crippen molar-refractivity contribution in [2.45, 2.75) is 12.8 Å². The number of nitrogens with zero attached hydrogens (tertiary/aromatic N) is 2. The summed E-state index contributed by atoms with van der Waals surface area (Å²) in [4.78, 5) is 4.36. The van der Waals surface area contributed by atoms with Crippen LogP contribution in [0.3, 0.4) is 0 Å². The quantitative estimate of drug-likeness (QED) is 0.850. The Morgan fingerprint density at radius 3 is 2.65 bits per heavy atom. The van der Waals surface area contributed by atoms with Gasteiger partial charge in [-0.05, 0) is 17.7 Å². The fourth-order valence-electron chi connectivity index (χ4n) is 1.44. The molecule has 0 saturated heterocycles. The van der Waals surface area contributed by atoms with Crippen molar-refractivity contribution in [3.05, 3.63) is 49.9 Å². The van der Waals surface area contributed by atoms with E-state index in [0.717, 1.165) is 16.3 Å². The lowest BCUT2D eigenvalue weighted by Crippen LogP contribution is -1.91. The van der Waals surface area contributed by atoms with Crippen molar-refractivity contribution in [2.24, 2.45) is 0 Å². The predicted octanol–water partition coefficient (Wildman–Crippen LogP) is 4.11. The van der Waals surface area contributed by atoms with Crippen LogP contribution in [0.1, 0.15) is 16.3 Å². The normalized spacial score (nSPS) is 10.2. The Labute approximate surface area is 113 Å². The maximum absolute atomic E-state index is 8.58. The van der Waals surface area contributed by atoms with E-state index in [1.54, 1.807) is 0 Å². The Morgan fingerprint density at radius 2 is 2.00 bits per heavy atom. The van der Waals surface area contributed by atoms with Crippen LogP contribution in [0, 0.1) is 11.3 Å². The van der Waals surface area contributed by atoms with Gasteiger partial charge in [0, 0.05) is 21.8 Å². The fraction of sp³-hybridized carbons (Fsp3) is 0.167. The van der Waals surface area contributed by atoms with Gasteiger partial charge < -0.3 is 0 Å². The van der Waals surface area contributed by atoms with Crippen LogP contribution in [0.2, 0.25) is 10.0 Å². The SMILES string of the molecule is N#CCc1csc(Cc2c(Cl)cccc2Cl)n1.